The van der Waals surface area contributed by atoms with Gasteiger partial charge in [0.1, 0.15) is 13.6 Å². The molecule has 0 aromatic rings. The Morgan fingerprint density at radius 2 is 1.00 bits per heavy atom. The predicted molar refractivity (Wildman–Crippen MR) is 145 cm³/mol. The van der Waals surface area contributed by atoms with Crippen LogP contribution in [0.15, 0.2) is 0 Å². The third kappa shape index (κ3) is 27.6. The lowest BCUT2D eigenvalue weighted by Gasteiger charge is -2.18. The molecule has 0 radical (unpaired) electrons. The molecule has 0 aliphatic rings. The number of aliphatic carboxylic acids is 2. The first kappa shape index (κ1) is 35.7. The molecule has 2 unspecified atom stereocenters. The van der Waals surface area contributed by atoms with Gasteiger partial charge in [-0.15, -0.1) is 0 Å². The van der Waals surface area contributed by atoms with Crippen LogP contribution in [0.3, 0.4) is 0 Å². The van der Waals surface area contributed by atoms with E-state index in [0.717, 1.165) is 64.2 Å². The number of ether oxygens (including phenoxy) is 4. The van der Waals surface area contributed by atoms with Gasteiger partial charge in [-0.25, -0.2) is 0 Å². The molecule has 0 heterocycles. The van der Waals surface area contributed by atoms with E-state index in [4.69, 9.17) is 29.2 Å². The number of hydrogen-bond donors (Lipinski definition) is 3. The smallest absolute Gasteiger partial charge is 0.303 e. The van der Waals surface area contributed by atoms with Crippen LogP contribution in [0.2, 0.25) is 0 Å². The van der Waals surface area contributed by atoms with E-state index in [9.17, 15) is 9.59 Å². The third-order valence-corrected chi connectivity index (χ3v) is 6.21. The van der Waals surface area contributed by atoms with E-state index >= 15 is 0 Å². The van der Waals surface area contributed by atoms with Gasteiger partial charge in [-0.1, -0.05) is 65.2 Å². The molecule has 0 rings (SSSR count). The van der Waals surface area contributed by atoms with Crippen LogP contribution in [0, 0.1) is 0 Å². The number of carboxylic acids is 2. The van der Waals surface area contributed by atoms with Crippen LogP contribution < -0.4 is 5.32 Å². The molecule has 9 heteroatoms. The van der Waals surface area contributed by atoms with Gasteiger partial charge in [0.05, 0.1) is 25.4 Å². The first-order valence-corrected chi connectivity index (χ1v) is 14.5. The second-order valence-corrected chi connectivity index (χ2v) is 9.65. The molecule has 2 atom stereocenters. The quantitative estimate of drug-likeness (QED) is 0.0782. The molecule has 0 aromatic heterocycles. The second-order valence-electron chi connectivity index (χ2n) is 9.65. The van der Waals surface area contributed by atoms with E-state index in [1.807, 2.05) is 0 Å². The number of carbonyl (C=O) groups is 2. The van der Waals surface area contributed by atoms with Gasteiger partial charge >= 0.3 is 11.9 Å². The van der Waals surface area contributed by atoms with E-state index in [0.29, 0.717) is 39.1 Å². The summed E-state index contributed by atoms with van der Waals surface area (Å²) in [6.45, 7) is 7.37. The minimum Gasteiger partial charge on any atom is -0.481 e. The molecule has 0 aliphatic carbocycles. The number of hydrogen-bond acceptors (Lipinski definition) is 7. The van der Waals surface area contributed by atoms with Crippen molar-refractivity contribution in [1.82, 2.24) is 5.32 Å². The van der Waals surface area contributed by atoms with Crippen LogP contribution in [0.1, 0.15) is 117 Å². The van der Waals surface area contributed by atoms with E-state index in [1.54, 1.807) is 0 Å². The van der Waals surface area contributed by atoms with Crippen LogP contribution in [0.5, 0.6) is 0 Å². The Morgan fingerprint density at radius 3 is 1.35 bits per heavy atom. The summed E-state index contributed by atoms with van der Waals surface area (Å²) in [6.07, 6.45) is 14.4. The molecular weight excluding hydrogens is 478 g/mol. The van der Waals surface area contributed by atoms with Gasteiger partial charge < -0.3 is 34.5 Å². The molecule has 220 valence electrons. The fourth-order valence-electron chi connectivity index (χ4n) is 3.98. The zero-order chi connectivity index (χ0) is 27.4. The first-order chi connectivity index (χ1) is 18.0. The van der Waals surface area contributed by atoms with Crippen molar-refractivity contribution in [3.63, 3.8) is 0 Å². The highest BCUT2D eigenvalue weighted by Crippen LogP contribution is 2.15. The molecule has 3 N–H and O–H groups in total. The minimum atomic E-state index is -0.742. The van der Waals surface area contributed by atoms with Gasteiger partial charge in [-0.3, -0.25) is 9.59 Å². The maximum absolute atomic E-state index is 10.7. The van der Waals surface area contributed by atoms with Crippen molar-refractivity contribution in [2.24, 2.45) is 0 Å². The Morgan fingerprint density at radius 1 is 0.622 bits per heavy atom. The van der Waals surface area contributed by atoms with Crippen molar-refractivity contribution in [3.05, 3.63) is 0 Å². The van der Waals surface area contributed by atoms with Crippen LogP contribution in [-0.2, 0) is 28.5 Å². The zero-order valence-electron chi connectivity index (χ0n) is 23.6. The Balaban J connectivity index is 3.81. The Hall–Kier alpha value is -1.26. The molecule has 0 saturated carbocycles. The molecule has 0 aromatic carbocycles. The van der Waals surface area contributed by atoms with E-state index in [1.165, 1.54) is 12.8 Å². The largest absolute Gasteiger partial charge is 0.481 e. The summed E-state index contributed by atoms with van der Waals surface area (Å²) in [5.41, 5.74) is 0. The van der Waals surface area contributed by atoms with Crippen molar-refractivity contribution in [1.29, 1.82) is 0 Å². The van der Waals surface area contributed by atoms with Crippen molar-refractivity contribution in [3.8, 4) is 0 Å². The predicted octanol–water partition coefficient (Wildman–Crippen LogP) is 5.75. The highest BCUT2D eigenvalue weighted by atomic mass is 16.7. The third-order valence-electron chi connectivity index (χ3n) is 6.21. The van der Waals surface area contributed by atoms with Gasteiger partial charge in [0.2, 0.25) is 0 Å². The Bertz CT molecular complexity index is 476. The first-order valence-electron chi connectivity index (χ1n) is 14.5. The van der Waals surface area contributed by atoms with Gasteiger partial charge in [-0.2, -0.15) is 0 Å². The molecule has 9 nitrogen and oxygen atoms in total. The Labute approximate surface area is 225 Å². The summed E-state index contributed by atoms with van der Waals surface area (Å²) in [4.78, 5) is 21.3. The summed E-state index contributed by atoms with van der Waals surface area (Å²) in [7, 11) is 0. The summed E-state index contributed by atoms with van der Waals surface area (Å²) < 4.78 is 23.0. The summed E-state index contributed by atoms with van der Waals surface area (Å²) >= 11 is 0. The van der Waals surface area contributed by atoms with Crippen molar-refractivity contribution in [2.75, 3.05) is 39.9 Å². The molecule has 0 fully saturated rings. The zero-order valence-corrected chi connectivity index (χ0v) is 23.6. The molecule has 0 saturated heterocycles. The normalized spacial score (nSPS) is 13.0. The lowest BCUT2D eigenvalue weighted by molar-refractivity contribution is -0.138. The topological polar surface area (TPSA) is 124 Å². The minimum absolute atomic E-state index is 0.129. The molecule has 0 aliphatic heterocycles. The van der Waals surface area contributed by atoms with E-state index in [2.05, 4.69) is 19.2 Å². The summed E-state index contributed by atoms with van der Waals surface area (Å²) in [6, 6.07) is 0. The van der Waals surface area contributed by atoms with Gasteiger partial charge in [-0.05, 0) is 38.5 Å². The fourth-order valence-corrected chi connectivity index (χ4v) is 3.98. The van der Waals surface area contributed by atoms with Crippen LogP contribution in [0.25, 0.3) is 0 Å². The fraction of sp³-hybridized carbons (Fsp3) is 0.929. The lowest BCUT2D eigenvalue weighted by atomic mass is 10.0. The molecule has 0 spiro atoms. The molecule has 37 heavy (non-hydrogen) atoms. The van der Waals surface area contributed by atoms with Crippen LogP contribution in [-0.4, -0.2) is 74.2 Å². The average Bonchev–Trinajstić information content (AvgIpc) is 2.86. The van der Waals surface area contributed by atoms with Crippen molar-refractivity contribution >= 4 is 11.9 Å². The maximum atomic E-state index is 10.7. The van der Waals surface area contributed by atoms with Crippen LogP contribution >= 0.6 is 0 Å². The monoisotopic (exact) mass is 533 g/mol. The highest BCUT2D eigenvalue weighted by molar-refractivity contribution is 5.66. The summed E-state index contributed by atoms with van der Waals surface area (Å²) in [5.74, 6) is -1.48. The van der Waals surface area contributed by atoms with Gasteiger partial charge in [0.25, 0.3) is 0 Å². The lowest BCUT2D eigenvalue weighted by Crippen LogP contribution is -2.26. The van der Waals surface area contributed by atoms with Crippen molar-refractivity contribution in [2.45, 2.75) is 129 Å². The van der Waals surface area contributed by atoms with Crippen LogP contribution in [0.4, 0.5) is 0 Å². The van der Waals surface area contributed by atoms with E-state index < -0.39 is 11.9 Å². The molecule has 0 amide bonds. The molecule has 0 bridgehead atoms. The number of nitrogens with one attached hydrogen (secondary N) is 1. The maximum Gasteiger partial charge on any atom is 0.303 e. The SMILES string of the molecule is CCCCCC(CCCCC(=O)O)OCOCCNCCOCOC(CCCCC)CCCCC(=O)O. The van der Waals surface area contributed by atoms with Crippen molar-refractivity contribution < 1.29 is 38.7 Å². The van der Waals surface area contributed by atoms with Gasteiger partial charge in [0.15, 0.2) is 0 Å². The highest BCUT2D eigenvalue weighted by Gasteiger charge is 2.11. The van der Waals surface area contributed by atoms with E-state index in [-0.39, 0.29) is 38.6 Å². The number of unbranched alkanes of at least 4 members (excludes halogenated alkanes) is 6. The number of carboxylic acid groups (broad SMARTS) is 2. The van der Waals surface area contributed by atoms with Gasteiger partial charge in [0, 0.05) is 25.9 Å². The standard InChI is InChI=1S/C28H55NO8/c1-3-5-7-13-25(15-9-11-17-27(30)31)36-23-34-21-19-29-20-22-35-24-37-26(14-8-6-4-2)16-10-12-18-28(32)33/h25-26,29H,3-24H2,1-2H3,(H,30,31)(H,32,33). The number of rotatable bonds is 30. The average molecular weight is 534 g/mol. The molecular formula is C28H55NO8. The second kappa shape index (κ2) is 27.8. The Kier molecular flexibility index (Phi) is 26.8. The summed E-state index contributed by atoms with van der Waals surface area (Å²) in [5, 5.41) is 20.8.